The van der Waals surface area contributed by atoms with Crippen LogP contribution in [0.25, 0.3) is 0 Å². The van der Waals surface area contributed by atoms with Gasteiger partial charge in [-0.3, -0.25) is 14.5 Å². The number of amides is 1. The molecule has 0 fully saturated rings. The van der Waals surface area contributed by atoms with E-state index in [2.05, 4.69) is 15.0 Å². The summed E-state index contributed by atoms with van der Waals surface area (Å²) in [7, 11) is -3.69. The van der Waals surface area contributed by atoms with Crippen molar-refractivity contribution in [3.8, 4) is 0 Å². The molecule has 0 radical (unpaired) electrons. The third kappa shape index (κ3) is 4.76. The van der Waals surface area contributed by atoms with Crippen LogP contribution in [0.4, 0.5) is 13.2 Å². The SMILES string of the molecule is C[C@@H](N=C1NS(=O)(=O)c2ccccc21)C(=O)NCCc1ccc(C(F)(F)F)cc1. The topological polar surface area (TPSA) is 87.6 Å². The number of fused-ring (bicyclic) bond motifs is 1. The lowest BCUT2D eigenvalue weighted by molar-refractivity contribution is -0.137. The summed E-state index contributed by atoms with van der Waals surface area (Å²) in [5.74, 6) is -0.320. The molecular weight excluding hydrogens is 407 g/mol. The molecule has 0 unspecified atom stereocenters. The van der Waals surface area contributed by atoms with E-state index in [1.807, 2.05) is 0 Å². The van der Waals surface area contributed by atoms with Crippen molar-refractivity contribution in [2.45, 2.75) is 30.5 Å². The Hall–Kier alpha value is -2.88. The number of aliphatic imine (C=N–C) groups is 1. The average molecular weight is 425 g/mol. The van der Waals surface area contributed by atoms with E-state index in [-0.39, 0.29) is 17.3 Å². The fourth-order valence-electron chi connectivity index (χ4n) is 2.82. The highest BCUT2D eigenvalue weighted by atomic mass is 32.2. The molecule has 0 saturated carbocycles. The van der Waals surface area contributed by atoms with Gasteiger partial charge in [0, 0.05) is 12.1 Å². The van der Waals surface area contributed by atoms with Crippen LogP contribution in [0.5, 0.6) is 0 Å². The van der Waals surface area contributed by atoms with Gasteiger partial charge in [0.15, 0.2) is 0 Å². The second-order valence-corrected chi connectivity index (χ2v) is 8.14. The summed E-state index contributed by atoms with van der Waals surface area (Å²) in [6, 6.07) is 10.2. The lowest BCUT2D eigenvalue weighted by Crippen LogP contribution is -2.35. The Morgan fingerprint density at radius 3 is 2.45 bits per heavy atom. The van der Waals surface area contributed by atoms with Gasteiger partial charge >= 0.3 is 6.18 Å². The maximum Gasteiger partial charge on any atom is 0.416 e. The van der Waals surface area contributed by atoms with Crippen molar-refractivity contribution in [2.75, 3.05) is 6.54 Å². The summed E-state index contributed by atoms with van der Waals surface area (Å²) < 4.78 is 64.2. The van der Waals surface area contributed by atoms with Gasteiger partial charge in [0.05, 0.1) is 10.5 Å². The van der Waals surface area contributed by atoms with Gasteiger partial charge in [0.2, 0.25) is 5.91 Å². The third-order valence-electron chi connectivity index (χ3n) is 4.36. The molecule has 2 aromatic rings. The molecule has 1 heterocycles. The maximum absolute atomic E-state index is 12.6. The number of halogens is 3. The number of hydrogen-bond acceptors (Lipinski definition) is 4. The normalized spacial score (nSPS) is 17.4. The Morgan fingerprint density at radius 1 is 1.14 bits per heavy atom. The molecule has 6 nitrogen and oxygen atoms in total. The van der Waals surface area contributed by atoms with Crippen LogP contribution in [0.15, 0.2) is 58.4 Å². The van der Waals surface area contributed by atoms with Crippen LogP contribution in [0.1, 0.15) is 23.6 Å². The molecule has 0 saturated heterocycles. The van der Waals surface area contributed by atoms with Crippen LogP contribution in [-0.4, -0.2) is 32.7 Å². The quantitative estimate of drug-likeness (QED) is 0.772. The van der Waals surface area contributed by atoms with Crippen molar-refractivity contribution in [1.29, 1.82) is 0 Å². The monoisotopic (exact) mass is 425 g/mol. The minimum Gasteiger partial charge on any atom is -0.354 e. The van der Waals surface area contributed by atoms with Crippen molar-refractivity contribution in [3.63, 3.8) is 0 Å². The van der Waals surface area contributed by atoms with E-state index in [0.717, 1.165) is 12.1 Å². The zero-order valence-electron chi connectivity index (χ0n) is 15.3. The average Bonchev–Trinajstić information content (AvgIpc) is 2.92. The first-order chi connectivity index (χ1) is 13.6. The molecule has 1 aliphatic heterocycles. The molecule has 2 N–H and O–H groups in total. The van der Waals surface area contributed by atoms with Crippen molar-refractivity contribution >= 4 is 21.8 Å². The van der Waals surface area contributed by atoms with Crippen LogP contribution < -0.4 is 10.0 Å². The first-order valence-corrected chi connectivity index (χ1v) is 10.2. The van der Waals surface area contributed by atoms with Crippen molar-refractivity contribution in [1.82, 2.24) is 10.0 Å². The number of carbonyl (C=O) groups is 1. The standard InChI is InChI=1S/C19H18F3N3O3S/c1-12(24-17-15-4-2-3-5-16(15)29(27,28)25-17)18(26)23-11-10-13-6-8-14(9-7-13)19(20,21)22/h2-9,12H,10-11H2,1H3,(H,23,26)(H,24,25)/t12-/m1/s1. The van der Waals surface area contributed by atoms with E-state index in [4.69, 9.17) is 0 Å². The van der Waals surface area contributed by atoms with Crippen LogP contribution in [0.3, 0.4) is 0 Å². The molecule has 1 aliphatic rings. The molecule has 0 aromatic heterocycles. The molecule has 0 spiro atoms. The summed E-state index contributed by atoms with van der Waals surface area (Å²) in [6.45, 7) is 1.73. The predicted octanol–water partition coefficient (Wildman–Crippen LogP) is 2.49. The molecule has 0 bridgehead atoms. The van der Waals surface area contributed by atoms with Crippen LogP contribution in [-0.2, 0) is 27.4 Å². The first kappa shape index (κ1) is 20.8. The van der Waals surface area contributed by atoms with Gasteiger partial charge in [-0.1, -0.05) is 24.3 Å². The molecule has 1 atom stereocenters. The molecular formula is C19H18F3N3O3S. The van der Waals surface area contributed by atoms with Gasteiger partial charge in [-0.15, -0.1) is 0 Å². The van der Waals surface area contributed by atoms with Gasteiger partial charge in [-0.05, 0) is 43.2 Å². The smallest absolute Gasteiger partial charge is 0.354 e. The van der Waals surface area contributed by atoms with Crippen molar-refractivity contribution in [3.05, 3.63) is 65.2 Å². The highest BCUT2D eigenvalue weighted by Gasteiger charge is 2.31. The fraction of sp³-hybridized carbons (Fsp3) is 0.263. The zero-order valence-corrected chi connectivity index (χ0v) is 16.1. The van der Waals surface area contributed by atoms with E-state index in [1.54, 1.807) is 18.2 Å². The Bertz CT molecular complexity index is 1050. The summed E-state index contributed by atoms with van der Waals surface area (Å²) in [5, 5.41) is 2.65. The number of nitrogens with one attached hydrogen (secondary N) is 2. The van der Waals surface area contributed by atoms with Gasteiger partial charge in [-0.2, -0.15) is 13.2 Å². The maximum atomic E-state index is 12.6. The van der Waals surface area contributed by atoms with Crippen molar-refractivity contribution in [2.24, 2.45) is 4.99 Å². The van der Waals surface area contributed by atoms with E-state index in [1.165, 1.54) is 25.1 Å². The van der Waals surface area contributed by atoms with E-state index in [0.29, 0.717) is 17.5 Å². The number of alkyl halides is 3. The van der Waals surface area contributed by atoms with Gasteiger partial charge in [-0.25, -0.2) is 8.42 Å². The second kappa shape index (κ2) is 7.86. The Labute approximate surface area is 165 Å². The third-order valence-corrected chi connectivity index (χ3v) is 5.76. The molecule has 29 heavy (non-hydrogen) atoms. The van der Waals surface area contributed by atoms with E-state index in [9.17, 15) is 26.4 Å². The summed E-state index contributed by atoms with van der Waals surface area (Å²) >= 11 is 0. The van der Waals surface area contributed by atoms with Crippen LogP contribution in [0.2, 0.25) is 0 Å². The minimum absolute atomic E-state index is 0.103. The predicted molar refractivity (Wildman–Crippen MR) is 101 cm³/mol. The van der Waals surface area contributed by atoms with Gasteiger partial charge < -0.3 is 5.32 Å². The number of amidine groups is 1. The summed E-state index contributed by atoms with van der Waals surface area (Å²) in [5.41, 5.74) is 0.320. The molecule has 0 aliphatic carbocycles. The van der Waals surface area contributed by atoms with Crippen LogP contribution in [0, 0.1) is 0 Å². The minimum atomic E-state index is -4.39. The number of sulfonamides is 1. The Kier molecular flexibility index (Phi) is 5.65. The van der Waals surface area contributed by atoms with E-state index < -0.39 is 33.7 Å². The van der Waals surface area contributed by atoms with Crippen molar-refractivity contribution < 1.29 is 26.4 Å². The Balaban J connectivity index is 1.59. The summed E-state index contributed by atoms with van der Waals surface area (Å²) in [4.78, 5) is 16.5. The molecule has 3 rings (SSSR count). The number of benzene rings is 2. The number of hydrogen-bond donors (Lipinski definition) is 2. The first-order valence-electron chi connectivity index (χ1n) is 8.72. The number of carbonyl (C=O) groups excluding carboxylic acids is 1. The largest absolute Gasteiger partial charge is 0.416 e. The lowest BCUT2D eigenvalue weighted by atomic mass is 10.1. The fourth-order valence-corrected chi connectivity index (χ4v) is 4.06. The van der Waals surface area contributed by atoms with Crippen LogP contribution >= 0.6 is 0 Å². The summed E-state index contributed by atoms with van der Waals surface area (Å²) in [6.07, 6.45) is -4.04. The highest BCUT2D eigenvalue weighted by Crippen LogP contribution is 2.29. The number of rotatable bonds is 5. The van der Waals surface area contributed by atoms with Gasteiger partial charge in [0.25, 0.3) is 10.0 Å². The lowest BCUT2D eigenvalue weighted by Gasteiger charge is -2.11. The van der Waals surface area contributed by atoms with Gasteiger partial charge in [0.1, 0.15) is 11.9 Å². The zero-order chi connectivity index (χ0) is 21.2. The number of nitrogens with zero attached hydrogens (tertiary/aromatic N) is 1. The molecule has 1 amide bonds. The van der Waals surface area contributed by atoms with E-state index >= 15 is 0 Å². The Morgan fingerprint density at radius 2 is 1.79 bits per heavy atom. The molecule has 2 aromatic carbocycles. The highest BCUT2D eigenvalue weighted by molar-refractivity contribution is 7.90. The molecule has 10 heteroatoms. The second-order valence-electron chi connectivity index (χ2n) is 6.49. The molecule has 154 valence electrons.